The van der Waals surface area contributed by atoms with Gasteiger partial charge < -0.3 is 4.74 Å². The Morgan fingerprint density at radius 2 is 1.71 bits per heavy atom. The zero-order valence-corrected chi connectivity index (χ0v) is 11.5. The van der Waals surface area contributed by atoms with Crippen molar-refractivity contribution >= 4 is 17.6 Å². The summed E-state index contributed by atoms with van der Waals surface area (Å²) in [4.78, 5) is 22.5. The minimum absolute atomic E-state index is 0.182. The van der Waals surface area contributed by atoms with E-state index in [4.69, 9.17) is 4.74 Å². The fourth-order valence-electron chi connectivity index (χ4n) is 1.35. The molecule has 0 radical (unpaired) electrons. The number of benzene rings is 1. The van der Waals surface area contributed by atoms with Crippen molar-refractivity contribution in [1.82, 2.24) is 0 Å². The fourth-order valence-corrected chi connectivity index (χ4v) is 1.35. The number of alkyl halides is 3. The van der Waals surface area contributed by atoms with E-state index in [-0.39, 0.29) is 5.69 Å². The molecule has 0 saturated heterocycles. The topological polar surface area (TPSA) is 55.4 Å². The second-order valence-corrected chi connectivity index (χ2v) is 5.15. The number of ketones is 1. The fraction of sp³-hybridized carbons (Fsp3) is 0.385. The van der Waals surface area contributed by atoms with Crippen LogP contribution in [0.4, 0.5) is 28.0 Å². The average molecular weight is 307 g/mol. The molecule has 1 aromatic rings. The Balaban J connectivity index is 2.98. The van der Waals surface area contributed by atoms with Crippen LogP contribution in [0.5, 0.6) is 0 Å². The van der Waals surface area contributed by atoms with E-state index in [0.717, 1.165) is 6.07 Å². The van der Waals surface area contributed by atoms with Gasteiger partial charge in [-0.3, -0.25) is 10.1 Å². The number of carbonyl (C=O) groups is 2. The molecular weight excluding hydrogens is 294 g/mol. The van der Waals surface area contributed by atoms with Crippen LogP contribution in [0.3, 0.4) is 0 Å². The van der Waals surface area contributed by atoms with Crippen molar-refractivity contribution in [1.29, 1.82) is 0 Å². The maximum Gasteiger partial charge on any atom is 0.454 e. The van der Waals surface area contributed by atoms with Gasteiger partial charge in [0.05, 0.1) is 5.56 Å². The van der Waals surface area contributed by atoms with E-state index < -0.39 is 35.0 Å². The average Bonchev–Trinajstić information content (AvgIpc) is 2.27. The maximum atomic E-state index is 13.3. The lowest BCUT2D eigenvalue weighted by Crippen LogP contribution is -2.27. The molecule has 0 bridgehead atoms. The quantitative estimate of drug-likeness (QED) is 0.665. The number of hydrogen-bond donors (Lipinski definition) is 1. The SMILES string of the molecule is CC(C)(C)OC(=O)Nc1ccc(F)c(C(=O)C(F)(F)F)c1. The van der Waals surface area contributed by atoms with Crippen LogP contribution in [0, 0.1) is 5.82 Å². The summed E-state index contributed by atoms with van der Waals surface area (Å²) in [6.07, 6.45) is -6.13. The Hall–Kier alpha value is -2.12. The van der Waals surface area contributed by atoms with Crippen molar-refractivity contribution in [3.63, 3.8) is 0 Å². The highest BCUT2D eigenvalue weighted by molar-refractivity contribution is 6.01. The number of rotatable bonds is 2. The van der Waals surface area contributed by atoms with Crippen molar-refractivity contribution in [2.75, 3.05) is 5.32 Å². The first-order chi connectivity index (χ1) is 9.40. The highest BCUT2D eigenvalue weighted by atomic mass is 19.4. The second kappa shape index (κ2) is 5.71. The molecule has 21 heavy (non-hydrogen) atoms. The van der Waals surface area contributed by atoms with Crippen LogP contribution in [0.2, 0.25) is 0 Å². The summed E-state index contributed by atoms with van der Waals surface area (Å²) in [6, 6.07) is 2.28. The Bertz CT molecular complexity index is 562. The molecule has 1 amide bonds. The monoisotopic (exact) mass is 307 g/mol. The Kier molecular flexibility index (Phi) is 4.60. The van der Waals surface area contributed by atoms with Crippen molar-refractivity contribution in [2.24, 2.45) is 0 Å². The molecule has 0 heterocycles. The van der Waals surface area contributed by atoms with E-state index in [1.807, 2.05) is 0 Å². The number of ether oxygens (including phenoxy) is 1. The van der Waals surface area contributed by atoms with Gasteiger partial charge in [0.15, 0.2) is 0 Å². The van der Waals surface area contributed by atoms with Gasteiger partial charge in [-0.25, -0.2) is 9.18 Å². The van der Waals surface area contributed by atoms with Gasteiger partial charge in [-0.2, -0.15) is 13.2 Å². The normalized spacial score (nSPS) is 12.0. The summed E-state index contributed by atoms with van der Waals surface area (Å²) in [5, 5.41) is 2.13. The number of halogens is 4. The molecule has 0 spiro atoms. The summed E-state index contributed by atoms with van der Waals surface area (Å²) in [5.41, 5.74) is -2.16. The molecule has 116 valence electrons. The van der Waals surface area contributed by atoms with Crippen molar-refractivity contribution in [3.05, 3.63) is 29.6 Å². The lowest BCUT2D eigenvalue weighted by Gasteiger charge is -2.19. The first-order valence-corrected chi connectivity index (χ1v) is 5.81. The molecule has 1 rings (SSSR count). The van der Waals surface area contributed by atoms with Crippen molar-refractivity contribution < 1.29 is 31.9 Å². The Labute approximate surface area is 118 Å². The summed E-state index contributed by atoms with van der Waals surface area (Å²) in [6.45, 7) is 4.78. The van der Waals surface area contributed by atoms with Gasteiger partial charge in [-0.15, -0.1) is 0 Å². The summed E-state index contributed by atoms with van der Waals surface area (Å²) in [7, 11) is 0. The van der Waals surface area contributed by atoms with Crippen molar-refractivity contribution in [2.45, 2.75) is 32.5 Å². The molecular formula is C13H13F4NO3. The van der Waals surface area contributed by atoms with E-state index in [9.17, 15) is 27.2 Å². The predicted molar refractivity (Wildman–Crippen MR) is 66.6 cm³/mol. The van der Waals surface area contributed by atoms with Gasteiger partial charge in [-0.1, -0.05) is 0 Å². The van der Waals surface area contributed by atoms with Gasteiger partial charge in [0.1, 0.15) is 11.4 Å². The van der Waals surface area contributed by atoms with Gasteiger partial charge in [-0.05, 0) is 39.0 Å². The van der Waals surface area contributed by atoms with Gasteiger partial charge >= 0.3 is 12.3 Å². The largest absolute Gasteiger partial charge is 0.454 e. The van der Waals surface area contributed by atoms with Crippen LogP contribution in [-0.2, 0) is 4.74 Å². The van der Waals surface area contributed by atoms with Crippen LogP contribution in [0.1, 0.15) is 31.1 Å². The highest BCUT2D eigenvalue weighted by Gasteiger charge is 2.40. The molecule has 0 aromatic heterocycles. The number of nitrogens with one attached hydrogen (secondary N) is 1. The molecule has 8 heteroatoms. The molecule has 0 saturated carbocycles. The lowest BCUT2D eigenvalue weighted by atomic mass is 10.1. The van der Waals surface area contributed by atoms with Crippen LogP contribution in [0.25, 0.3) is 0 Å². The second-order valence-electron chi connectivity index (χ2n) is 5.15. The highest BCUT2D eigenvalue weighted by Crippen LogP contribution is 2.25. The standard InChI is InChI=1S/C13H13F4NO3/c1-12(2,3)21-11(20)18-7-4-5-9(14)8(6-7)10(19)13(15,16)17/h4-6H,1-3H3,(H,18,20). The first kappa shape index (κ1) is 16.9. The molecule has 0 atom stereocenters. The summed E-state index contributed by atoms with van der Waals surface area (Å²) in [5.74, 6) is -3.65. The number of carbonyl (C=O) groups excluding carboxylic acids is 2. The van der Waals surface area contributed by atoms with E-state index >= 15 is 0 Å². The van der Waals surface area contributed by atoms with Crippen LogP contribution < -0.4 is 5.32 Å². The number of hydrogen-bond acceptors (Lipinski definition) is 3. The van der Waals surface area contributed by atoms with E-state index in [1.165, 1.54) is 0 Å². The Morgan fingerprint density at radius 3 is 2.19 bits per heavy atom. The number of amides is 1. The number of anilines is 1. The van der Waals surface area contributed by atoms with E-state index in [0.29, 0.717) is 12.1 Å². The third kappa shape index (κ3) is 5.05. The molecule has 4 nitrogen and oxygen atoms in total. The molecule has 0 unspecified atom stereocenters. The van der Waals surface area contributed by atoms with Crippen LogP contribution >= 0.6 is 0 Å². The summed E-state index contributed by atoms with van der Waals surface area (Å²) < 4.78 is 55.1. The predicted octanol–water partition coefficient (Wildman–Crippen LogP) is 3.92. The molecule has 1 aromatic carbocycles. The van der Waals surface area contributed by atoms with Crippen molar-refractivity contribution in [3.8, 4) is 0 Å². The van der Waals surface area contributed by atoms with Crippen LogP contribution in [-0.4, -0.2) is 23.7 Å². The third-order valence-corrected chi connectivity index (χ3v) is 2.11. The zero-order chi connectivity index (χ0) is 16.4. The summed E-state index contributed by atoms with van der Waals surface area (Å²) >= 11 is 0. The van der Waals surface area contributed by atoms with Crippen LogP contribution in [0.15, 0.2) is 18.2 Å². The van der Waals surface area contributed by atoms with E-state index in [2.05, 4.69) is 5.32 Å². The molecule has 0 fully saturated rings. The zero-order valence-electron chi connectivity index (χ0n) is 11.5. The maximum absolute atomic E-state index is 13.3. The molecule has 0 aliphatic heterocycles. The first-order valence-electron chi connectivity index (χ1n) is 5.81. The molecule has 0 aliphatic carbocycles. The smallest absolute Gasteiger partial charge is 0.444 e. The van der Waals surface area contributed by atoms with Gasteiger partial charge in [0.2, 0.25) is 0 Å². The van der Waals surface area contributed by atoms with Gasteiger partial charge in [0, 0.05) is 5.69 Å². The third-order valence-electron chi connectivity index (χ3n) is 2.11. The van der Waals surface area contributed by atoms with Gasteiger partial charge in [0.25, 0.3) is 5.78 Å². The molecule has 1 N–H and O–H groups in total. The lowest BCUT2D eigenvalue weighted by molar-refractivity contribution is -0.0887. The number of Topliss-reactive ketones (excluding diaryl/α,β-unsaturated/α-hetero) is 1. The molecule has 0 aliphatic rings. The Morgan fingerprint density at radius 1 is 1.14 bits per heavy atom. The minimum Gasteiger partial charge on any atom is -0.444 e. The van der Waals surface area contributed by atoms with E-state index in [1.54, 1.807) is 20.8 Å². The minimum atomic E-state index is -5.20.